The van der Waals surface area contributed by atoms with Gasteiger partial charge in [-0.2, -0.15) is 4.39 Å². The van der Waals surface area contributed by atoms with Crippen molar-refractivity contribution in [2.45, 2.75) is 4.90 Å². The highest BCUT2D eigenvalue weighted by atomic mass is 35.5. The highest BCUT2D eigenvalue weighted by Gasteiger charge is 2.18. The summed E-state index contributed by atoms with van der Waals surface area (Å²) in [6.45, 7) is 0. The predicted octanol–water partition coefficient (Wildman–Crippen LogP) is 2.07. The minimum absolute atomic E-state index is 0.0487. The number of nitrogens with zero attached hydrogens (tertiary/aromatic N) is 2. The van der Waals surface area contributed by atoms with Gasteiger partial charge in [0, 0.05) is 12.4 Å². The van der Waals surface area contributed by atoms with E-state index < -0.39 is 16.0 Å². The maximum Gasteiger partial charge on any atom is 0.264 e. The van der Waals surface area contributed by atoms with E-state index >= 15 is 0 Å². The number of nitrogens with one attached hydrogen (secondary N) is 1. The van der Waals surface area contributed by atoms with Crippen LogP contribution in [0.2, 0.25) is 5.02 Å². The first-order chi connectivity index (χ1) is 8.49. The van der Waals surface area contributed by atoms with E-state index in [1.165, 1.54) is 18.3 Å². The molecule has 0 atom stereocenters. The van der Waals surface area contributed by atoms with Crippen LogP contribution in [0.4, 0.5) is 10.1 Å². The van der Waals surface area contributed by atoms with Crippen molar-refractivity contribution in [2.75, 3.05) is 4.72 Å². The summed E-state index contributed by atoms with van der Waals surface area (Å²) in [5, 5.41) is 0.0487. The monoisotopic (exact) mass is 287 g/mol. The molecule has 18 heavy (non-hydrogen) atoms. The van der Waals surface area contributed by atoms with Crippen LogP contribution < -0.4 is 4.72 Å². The lowest BCUT2D eigenvalue weighted by atomic mass is 10.4. The Morgan fingerprint density at radius 2 is 2.00 bits per heavy atom. The summed E-state index contributed by atoms with van der Waals surface area (Å²) >= 11 is 5.77. The van der Waals surface area contributed by atoms with Crippen molar-refractivity contribution < 1.29 is 12.8 Å². The summed E-state index contributed by atoms with van der Waals surface area (Å²) in [5.74, 6) is -0.697. The minimum atomic E-state index is -3.86. The third-order valence-corrected chi connectivity index (χ3v) is 3.85. The van der Waals surface area contributed by atoms with Crippen molar-refractivity contribution in [3.05, 3.63) is 47.8 Å². The van der Waals surface area contributed by atoms with E-state index in [1.807, 2.05) is 0 Å². The van der Waals surface area contributed by atoms with Gasteiger partial charge >= 0.3 is 0 Å². The molecule has 0 aliphatic heterocycles. The van der Waals surface area contributed by atoms with E-state index in [4.69, 9.17) is 11.6 Å². The maximum atomic E-state index is 12.6. The van der Waals surface area contributed by atoms with Crippen LogP contribution in [0.5, 0.6) is 0 Å². The fourth-order valence-electron chi connectivity index (χ4n) is 1.21. The van der Waals surface area contributed by atoms with Crippen LogP contribution in [0.25, 0.3) is 0 Å². The largest absolute Gasteiger partial charge is 0.278 e. The van der Waals surface area contributed by atoms with Crippen LogP contribution in [0.3, 0.4) is 0 Å². The SMILES string of the molecule is O=S(=O)(Nc1ccc(F)nc1)c1cnccc1Cl. The fourth-order valence-corrected chi connectivity index (χ4v) is 2.68. The van der Waals surface area contributed by atoms with Crippen molar-refractivity contribution >= 4 is 27.3 Å². The van der Waals surface area contributed by atoms with Crippen LogP contribution >= 0.6 is 11.6 Å². The molecule has 0 saturated carbocycles. The van der Waals surface area contributed by atoms with Crippen molar-refractivity contribution in [2.24, 2.45) is 0 Å². The predicted molar refractivity (Wildman–Crippen MR) is 64.3 cm³/mol. The Morgan fingerprint density at radius 3 is 2.61 bits per heavy atom. The lowest BCUT2D eigenvalue weighted by Crippen LogP contribution is -2.14. The number of sulfonamides is 1. The Morgan fingerprint density at radius 1 is 1.22 bits per heavy atom. The molecule has 2 aromatic heterocycles. The van der Waals surface area contributed by atoms with Gasteiger partial charge in [-0.05, 0) is 18.2 Å². The first-order valence-corrected chi connectivity index (χ1v) is 6.59. The molecule has 0 aromatic carbocycles. The van der Waals surface area contributed by atoms with E-state index in [2.05, 4.69) is 14.7 Å². The summed E-state index contributed by atoms with van der Waals surface area (Å²) in [6, 6.07) is 3.66. The van der Waals surface area contributed by atoms with Crippen LogP contribution in [-0.4, -0.2) is 18.4 Å². The number of rotatable bonds is 3. The molecule has 0 aliphatic carbocycles. The molecule has 0 aliphatic rings. The molecule has 8 heteroatoms. The first-order valence-electron chi connectivity index (χ1n) is 4.73. The minimum Gasteiger partial charge on any atom is -0.278 e. The second-order valence-electron chi connectivity index (χ2n) is 3.28. The van der Waals surface area contributed by atoms with E-state index in [0.717, 1.165) is 18.5 Å². The highest BCUT2D eigenvalue weighted by molar-refractivity contribution is 7.92. The van der Waals surface area contributed by atoms with Gasteiger partial charge in [-0.1, -0.05) is 11.6 Å². The lowest BCUT2D eigenvalue weighted by molar-refractivity contribution is 0.583. The van der Waals surface area contributed by atoms with Crippen LogP contribution in [-0.2, 0) is 10.0 Å². The van der Waals surface area contributed by atoms with Gasteiger partial charge in [0.25, 0.3) is 10.0 Å². The zero-order valence-electron chi connectivity index (χ0n) is 8.84. The molecule has 5 nitrogen and oxygen atoms in total. The molecule has 2 aromatic rings. The van der Waals surface area contributed by atoms with Gasteiger partial charge in [0.1, 0.15) is 4.90 Å². The number of aromatic nitrogens is 2. The molecule has 0 spiro atoms. The molecule has 0 amide bonds. The van der Waals surface area contributed by atoms with Crippen molar-refractivity contribution in [3.63, 3.8) is 0 Å². The molecular formula is C10H7ClFN3O2S. The van der Waals surface area contributed by atoms with E-state index in [1.54, 1.807) is 0 Å². The Labute approximate surface area is 108 Å². The zero-order valence-corrected chi connectivity index (χ0v) is 10.4. The zero-order chi connectivity index (χ0) is 13.2. The van der Waals surface area contributed by atoms with Gasteiger partial charge in [0.2, 0.25) is 5.95 Å². The maximum absolute atomic E-state index is 12.6. The number of anilines is 1. The van der Waals surface area contributed by atoms with Crippen molar-refractivity contribution in [1.82, 2.24) is 9.97 Å². The molecule has 0 saturated heterocycles. The topological polar surface area (TPSA) is 72.0 Å². The number of pyridine rings is 2. The second kappa shape index (κ2) is 4.87. The van der Waals surface area contributed by atoms with Gasteiger partial charge in [-0.15, -0.1) is 0 Å². The standard InChI is InChI=1S/C10H7ClFN3O2S/c11-8-3-4-13-6-9(8)18(16,17)15-7-1-2-10(12)14-5-7/h1-6,15H. The molecule has 2 heterocycles. The highest BCUT2D eigenvalue weighted by Crippen LogP contribution is 2.21. The van der Waals surface area contributed by atoms with Crippen LogP contribution in [0.15, 0.2) is 41.7 Å². The molecular weight excluding hydrogens is 281 g/mol. The lowest BCUT2D eigenvalue weighted by Gasteiger charge is -2.08. The molecule has 94 valence electrons. The van der Waals surface area contributed by atoms with E-state index in [9.17, 15) is 12.8 Å². The van der Waals surface area contributed by atoms with Gasteiger partial charge in [0.05, 0.1) is 16.9 Å². The van der Waals surface area contributed by atoms with E-state index in [-0.39, 0.29) is 15.6 Å². The molecule has 2 rings (SSSR count). The Hall–Kier alpha value is -1.73. The van der Waals surface area contributed by atoms with E-state index in [0.29, 0.717) is 0 Å². The second-order valence-corrected chi connectivity index (χ2v) is 5.34. The van der Waals surface area contributed by atoms with Gasteiger partial charge in [-0.3, -0.25) is 9.71 Å². The summed E-state index contributed by atoms with van der Waals surface area (Å²) in [7, 11) is -3.86. The smallest absolute Gasteiger partial charge is 0.264 e. The normalized spacial score (nSPS) is 11.2. The Bertz CT molecular complexity index is 661. The molecule has 0 unspecified atom stereocenters. The third-order valence-electron chi connectivity index (χ3n) is 2.00. The fraction of sp³-hybridized carbons (Fsp3) is 0. The summed E-state index contributed by atoms with van der Waals surface area (Å²) in [4.78, 5) is 6.87. The Kier molecular flexibility index (Phi) is 3.44. The van der Waals surface area contributed by atoms with Crippen LogP contribution in [0, 0.1) is 5.95 Å². The molecule has 1 N–H and O–H groups in total. The average molecular weight is 288 g/mol. The molecule has 0 bridgehead atoms. The quantitative estimate of drug-likeness (QED) is 0.877. The molecule has 0 fully saturated rings. The summed E-state index contributed by atoms with van der Waals surface area (Å²) in [6.07, 6.45) is 3.57. The number of hydrogen-bond acceptors (Lipinski definition) is 4. The summed E-state index contributed by atoms with van der Waals surface area (Å²) < 4.78 is 38.7. The summed E-state index contributed by atoms with van der Waals surface area (Å²) in [5.41, 5.74) is 0.135. The van der Waals surface area contributed by atoms with Crippen LogP contribution in [0.1, 0.15) is 0 Å². The van der Waals surface area contributed by atoms with Gasteiger partial charge < -0.3 is 0 Å². The third kappa shape index (κ3) is 2.74. The van der Waals surface area contributed by atoms with Gasteiger partial charge in [-0.25, -0.2) is 13.4 Å². The van der Waals surface area contributed by atoms with Gasteiger partial charge in [0.15, 0.2) is 0 Å². The first kappa shape index (κ1) is 12.7. The number of halogens is 2. The van der Waals surface area contributed by atoms with Crippen molar-refractivity contribution in [1.29, 1.82) is 0 Å². The van der Waals surface area contributed by atoms with Crippen molar-refractivity contribution in [3.8, 4) is 0 Å². The average Bonchev–Trinajstić information content (AvgIpc) is 2.32. The Balaban J connectivity index is 2.33. The molecule has 0 radical (unpaired) electrons. The number of hydrogen-bond donors (Lipinski definition) is 1.